The number of amides is 1. The third kappa shape index (κ3) is 3.68. The minimum atomic E-state index is -0.455. The smallest absolute Gasteiger partial charge is 0.341 e. The van der Waals surface area contributed by atoms with Gasteiger partial charge in [-0.1, -0.05) is 29.8 Å². The quantitative estimate of drug-likeness (QED) is 0.568. The molecule has 0 atom stereocenters. The third-order valence-electron chi connectivity index (χ3n) is 4.57. The standard InChI is InChI=1S/C21H21NO3S2/c1-11-6-8-15(9-7-11)17-14(4)27-20(18(17)21(24)25-5)22-19(23)16-10-26-13(3)12(16)2/h6-10H,1-5H3,(H,22,23). The maximum absolute atomic E-state index is 12.8. The lowest BCUT2D eigenvalue weighted by Crippen LogP contribution is -2.14. The van der Waals surface area contributed by atoms with Gasteiger partial charge in [-0.3, -0.25) is 4.79 Å². The molecule has 0 aliphatic heterocycles. The van der Waals surface area contributed by atoms with E-state index in [-0.39, 0.29) is 5.91 Å². The summed E-state index contributed by atoms with van der Waals surface area (Å²) in [5, 5.41) is 5.29. The number of esters is 1. The van der Waals surface area contributed by atoms with Crippen molar-refractivity contribution in [2.75, 3.05) is 12.4 Å². The zero-order valence-electron chi connectivity index (χ0n) is 15.9. The number of ether oxygens (including phenoxy) is 1. The van der Waals surface area contributed by atoms with Crippen LogP contribution in [0.25, 0.3) is 11.1 Å². The van der Waals surface area contributed by atoms with E-state index in [0.29, 0.717) is 16.1 Å². The van der Waals surface area contributed by atoms with Crippen LogP contribution in [0.5, 0.6) is 0 Å². The van der Waals surface area contributed by atoms with Crippen molar-refractivity contribution in [3.63, 3.8) is 0 Å². The lowest BCUT2D eigenvalue weighted by molar-refractivity contribution is 0.0603. The Hall–Kier alpha value is -2.44. The van der Waals surface area contributed by atoms with E-state index in [2.05, 4.69) is 5.32 Å². The number of methoxy groups -OCH3 is 1. The summed E-state index contributed by atoms with van der Waals surface area (Å²) in [6, 6.07) is 7.97. The molecule has 0 saturated carbocycles. The predicted octanol–water partition coefficient (Wildman–Crippen LogP) is 5.75. The van der Waals surface area contributed by atoms with Crippen LogP contribution in [0.1, 0.15) is 41.6 Å². The first-order valence-corrected chi connectivity index (χ1v) is 10.2. The highest BCUT2D eigenvalue weighted by Crippen LogP contribution is 2.40. The number of carbonyl (C=O) groups excluding carboxylic acids is 2. The number of carbonyl (C=O) groups is 2. The van der Waals surface area contributed by atoms with Gasteiger partial charge < -0.3 is 10.1 Å². The maximum Gasteiger partial charge on any atom is 0.341 e. The molecular formula is C21H21NO3S2. The molecule has 4 nitrogen and oxygen atoms in total. The van der Waals surface area contributed by atoms with E-state index in [9.17, 15) is 9.59 Å². The number of benzene rings is 1. The second-order valence-corrected chi connectivity index (χ2v) is 8.69. The van der Waals surface area contributed by atoms with Gasteiger partial charge in [-0.15, -0.1) is 22.7 Å². The van der Waals surface area contributed by atoms with Crippen molar-refractivity contribution in [3.8, 4) is 11.1 Å². The molecule has 27 heavy (non-hydrogen) atoms. The van der Waals surface area contributed by atoms with Crippen molar-refractivity contribution < 1.29 is 14.3 Å². The summed E-state index contributed by atoms with van der Waals surface area (Å²) in [7, 11) is 1.35. The monoisotopic (exact) mass is 399 g/mol. The first-order chi connectivity index (χ1) is 12.8. The van der Waals surface area contributed by atoms with Gasteiger partial charge in [0.15, 0.2) is 0 Å². The molecule has 1 aromatic carbocycles. The van der Waals surface area contributed by atoms with Gasteiger partial charge in [0.2, 0.25) is 0 Å². The molecule has 0 unspecified atom stereocenters. The number of nitrogens with one attached hydrogen (secondary N) is 1. The van der Waals surface area contributed by atoms with Gasteiger partial charge in [0.05, 0.1) is 12.7 Å². The number of hydrogen-bond donors (Lipinski definition) is 1. The number of anilines is 1. The topological polar surface area (TPSA) is 55.4 Å². The Kier molecular flexibility index (Phi) is 5.48. The molecule has 0 aliphatic carbocycles. The molecule has 140 valence electrons. The summed E-state index contributed by atoms with van der Waals surface area (Å²) in [5.74, 6) is -0.665. The summed E-state index contributed by atoms with van der Waals surface area (Å²) < 4.78 is 5.01. The zero-order valence-corrected chi connectivity index (χ0v) is 17.6. The average Bonchev–Trinajstić information content (AvgIpc) is 3.14. The van der Waals surface area contributed by atoms with Crippen LogP contribution in [0.4, 0.5) is 5.00 Å². The van der Waals surface area contributed by atoms with E-state index in [1.165, 1.54) is 18.4 Å². The molecule has 0 radical (unpaired) electrons. The minimum absolute atomic E-state index is 0.210. The first kappa shape index (κ1) is 19.3. The van der Waals surface area contributed by atoms with Gasteiger partial charge in [-0.05, 0) is 38.8 Å². The highest BCUT2D eigenvalue weighted by Gasteiger charge is 2.26. The van der Waals surface area contributed by atoms with E-state index < -0.39 is 5.97 Å². The Labute approximate surface area is 166 Å². The molecule has 1 amide bonds. The number of rotatable bonds is 4. The molecule has 6 heteroatoms. The number of thiophene rings is 2. The van der Waals surface area contributed by atoms with Gasteiger partial charge in [-0.25, -0.2) is 4.79 Å². The van der Waals surface area contributed by atoms with Gasteiger partial charge in [-0.2, -0.15) is 0 Å². The number of aryl methyl sites for hydroxylation is 3. The minimum Gasteiger partial charge on any atom is -0.465 e. The molecule has 0 aliphatic rings. The molecule has 3 rings (SSSR count). The largest absolute Gasteiger partial charge is 0.465 e. The number of hydrogen-bond acceptors (Lipinski definition) is 5. The summed E-state index contributed by atoms with van der Waals surface area (Å²) in [6.07, 6.45) is 0. The van der Waals surface area contributed by atoms with E-state index >= 15 is 0 Å². The van der Waals surface area contributed by atoms with Crippen molar-refractivity contribution in [2.45, 2.75) is 27.7 Å². The fourth-order valence-corrected chi connectivity index (χ4v) is 4.83. The van der Waals surface area contributed by atoms with Crippen LogP contribution in [-0.2, 0) is 4.74 Å². The van der Waals surface area contributed by atoms with E-state index in [0.717, 1.165) is 32.0 Å². The van der Waals surface area contributed by atoms with Gasteiger partial charge >= 0.3 is 5.97 Å². The van der Waals surface area contributed by atoms with E-state index in [1.54, 1.807) is 11.3 Å². The van der Waals surface area contributed by atoms with Gasteiger partial charge in [0.1, 0.15) is 10.6 Å². The van der Waals surface area contributed by atoms with Gasteiger partial charge in [0, 0.05) is 20.7 Å². The van der Waals surface area contributed by atoms with Crippen molar-refractivity contribution in [1.82, 2.24) is 0 Å². The Morgan fingerprint density at radius 3 is 2.22 bits per heavy atom. The molecule has 2 heterocycles. The highest BCUT2D eigenvalue weighted by molar-refractivity contribution is 7.17. The average molecular weight is 400 g/mol. The van der Waals surface area contributed by atoms with Crippen molar-refractivity contribution >= 4 is 39.6 Å². The van der Waals surface area contributed by atoms with Crippen molar-refractivity contribution in [1.29, 1.82) is 0 Å². The van der Waals surface area contributed by atoms with Crippen LogP contribution in [0.15, 0.2) is 29.6 Å². The fraction of sp³-hybridized carbons (Fsp3) is 0.238. The molecule has 0 fully saturated rings. The normalized spacial score (nSPS) is 10.7. The lowest BCUT2D eigenvalue weighted by Gasteiger charge is -2.08. The summed E-state index contributed by atoms with van der Waals surface area (Å²) in [6.45, 7) is 7.88. The summed E-state index contributed by atoms with van der Waals surface area (Å²) in [5.41, 5.74) is 4.88. The molecule has 2 aromatic heterocycles. The van der Waals surface area contributed by atoms with Crippen LogP contribution >= 0.6 is 22.7 Å². The van der Waals surface area contributed by atoms with Crippen LogP contribution in [0.2, 0.25) is 0 Å². The second-order valence-electron chi connectivity index (χ2n) is 6.38. The van der Waals surface area contributed by atoms with Crippen LogP contribution < -0.4 is 5.32 Å². The first-order valence-electron chi connectivity index (χ1n) is 8.48. The Bertz CT molecular complexity index is 1010. The van der Waals surface area contributed by atoms with E-state index in [1.807, 2.05) is 57.3 Å². The van der Waals surface area contributed by atoms with Crippen LogP contribution in [0, 0.1) is 27.7 Å². The summed E-state index contributed by atoms with van der Waals surface area (Å²) in [4.78, 5) is 27.4. The van der Waals surface area contributed by atoms with Gasteiger partial charge in [0.25, 0.3) is 5.91 Å². The zero-order chi connectivity index (χ0) is 19.7. The van der Waals surface area contributed by atoms with Crippen LogP contribution in [-0.4, -0.2) is 19.0 Å². The van der Waals surface area contributed by atoms with Crippen LogP contribution in [0.3, 0.4) is 0 Å². The highest BCUT2D eigenvalue weighted by atomic mass is 32.1. The predicted molar refractivity (Wildman–Crippen MR) is 112 cm³/mol. The molecule has 1 N–H and O–H groups in total. The Morgan fingerprint density at radius 2 is 1.67 bits per heavy atom. The van der Waals surface area contributed by atoms with Crippen molar-refractivity contribution in [2.24, 2.45) is 0 Å². The van der Waals surface area contributed by atoms with Crippen molar-refractivity contribution in [3.05, 3.63) is 61.7 Å². The lowest BCUT2D eigenvalue weighted by atomic mass is 10.0. The molecule has 0 saturated heterocycles. The molecular weight excluding hydrogens is 378 g/mol. The Balaban J connectivity index is 2.06. The molecule has 0 spiro atoms. The van der Waals surface area contributed by atoms with E-state index in [4.69, 9.17) is 4.74 Å². The SMILES string of the molecule is COC(=O)c1c(NC(=O)c2csc(C)c2C)sc(C)c1-c1ccc(C)cc1. The molecule has 3 aromatic rings. The maximum atomic E-state index is 12.8. The summed E-state index contributed by atoms with van der Waals surface area (Å²) >= 11 is 2.93. The third-order valence-corrected chi connectivity index (χ3v) is 6.61. The fourth-order valence-electron chi connectivity index (χ4n) is 2.91. The molecule has 0 bridgehead atoms. The Morgan fingerprint density at radius 1 is 1.00 bits per heavy atom. The second kappa shape index (κ2) is 7.66.